The van der Waals surface area contributed by atoms with E-state index < -0.39 is 5.97 Å². The highest BCUT2D eigenvalue weighted by Crippen LogP contribution is 2.35. The van der Waals surface area contributed by atoms with Gasteiger partial charge in [0.25, 0.3) is 0 Å². The fourth-order valence-corrected chi connectivity index (χ4v) is 4.45. The second-order valence-electron chi connectivity index (χ2n) is 8.23. The minimum Gasteiger partial charge on any atom is -0.486 e. The number of esters is 1. The summed E-state index contributed by atoms with van der Waals surface area (Å²) < 4.78 is 18.7. The first-order chi connectivity index (χ1) is 16.9. The van der Waals surface area contributed by atoms with Crippen molar-refractivity contribution >= 4 is 39.4 Å². The maximum Gasteiger partial charge on any atom is 0.339 e. The summed E-state index contributed by atoms with van der Waals surface area (Å²) in [5.41, 5.74) is 2.85. The molecule has 1 aromatic carbocycles. The molecule has 11 heteroatoms. The Kier molecular flexibility index (Phi) is 6.08. The summed E-state index contributed by atoms with van der Waals surface area (Å²) in [6.07, 6.45) is 1.63. The smallest absolute Gasteiger partial charge is 0.339 e. The maximum absolute atomic E-state index is 13.2. The van der Waals surface area contributed by atoms with E-state index in [0.29, 0.717) is 57.8 Å². The fraction of sp³-hybridized carbons (Fsp3) is 0.292. The lowest BCUT2D eigenvalue weighted by Gasteiger charge is -2.19. The van der Waals surface area contributed by atoms with E-state index in [4.69, 9.17) is 19.2 Å². The van der Waals surface area contributed by atoms with Gasteiger partial charge in [-0.1, -0.05) is 0 Å². The number of thiazole rings is 1. The molecule has 10 nitrogen and oxygen atoms in total. The molecular weight excluding hydrogens is 470 g/mol. The standard InChI is InChI=1S/C24H23N5O5S/c1-13(2)29-22-18(10-25-29)17(23(31)34-11-16-12-35-24(27-16)26-14(3)30)9-19(28-22)15-4-5-20-21(8-15)33-7-6-32-20/h4-5,8-10,12-13H,6-7,11H2,1-3H3,(H,26,27,30). The van der Waals surface area contributed by atoms with Crippen molar-refractivity contribution in [1.82, 2.24) is 19.7 Å². The van der Waals surface area contributed by atoms with Crippen molar-refractivity contribution in [1.29, 1.82) is 0 Å². The summed E-state index contributed by atoms with van der Waals surface area (Å²) in [5.74, 6) is 0.579. The first-order valence-electron chi connectivity index (χ1n) is 11.1. The van der Waals surface area contributed by atoms with Gasteiger partial charge in [-0.15, -0.1) is 11.3 Å². The largest absolute Gasteiger partial charge is 0.486 e. The molecule has 0 fully saturated rings. The van der Waals surface area contributed by atoms with E-state index >= 15 is 0 Å². The third-order valence-electron chi connectivity index (χ3n) is 5.30. The summed E-state index contributed by atoms with van der Waals surface area (Å²) in [6.45, 7) is 6.35. The zero-order chi connectivity index (χ0) is 24.5. The van der Waals surface area contributed by atoms with Gasteiger partial charge < -0.3 is 19.5 Å². The number of anilines is 1. The number of fused-ring (bicyclic) bond motifs is 2. The Morgan fingerprint density at radius 1 is 1.17 bits per heavy atom. The molecule has 0 unspecified atom stereocenters. The van der Waals surface area contributed by atoms with Gasteiger partial charge in [-0.2, -0.15) is 5.10 Å². The highest BCUT2D eigenvalue weighted by molar-refractivity contribution is 7.13. The number of benzene rings is 1. The molecule has 0 saturated carbocycles. The summed E-state index contributed by atoms with van der Waals surface area (Å²) in [4.78, 5) is 33.5. The molecule has 1 aliphatic heterocycles. The van der Waals surface area contributed by atoms with Crippen molar-refractivity contribution in [3.05, 3.63) is 47.1 Å². The lowest BCUT2D eigenvalue weighted by Crippen LogP contribution is -2.15. The summed E-state index contributed by atoms with van der Waals surface area (Å²) in [7, 11) is 0. The second-order valence-corrected chi connectivity index (χ2v) is 9.09. The van der Waals surface area contributed by atoms with Crippen LogP contribution in [0.25, 0.3) is 22.3 Å². The zero-order valence-electron chi connectivity index (χ0n) is 19.4. The van der Waals surface area contributed by atoms with Crippen LogP contribution in [0.4, 0.5) is 5.13 Å². The Morgan fingerprint density at radius 3 is 2.74 bits per heavy atom. The Labute approximate surface area is 204 Å². The average Bonchev–Trinajstić information content (AvgIpc) is 3.48. The highest BCUT2D eigenvalue weighted by Gasteiger charge is 2.21. The Morgan fingerprint density at radius 2 is 1.97 bits per heavy atom. The van der Waals surface area contributed by atoms with Crippen molar-refractivity contribution < 1.29 is 23.8 Å². The van der Waals surface area contributed by atoms with Crippen LogP contribution in [0.5, 0.6) is 11.5 Å². The van der Waals surface area contributed by atoms with Crippen LogP contribution >= 0.6 is 11.3 Å². The van der Waals surface area contributed by atoms with Gasteiger partial charge in [0.2, 0.25) is 5.91 Å². The number of nitrogens with one attached hydrogen (secondary N) is 1. The molecule has 0 saturated heterocycles. The van der Waals surface area contributed by atoms with Gasteiger partial charge >= 0.3 is 5.97 Å². The van der Waals surface area contributed by atoms with Crippen LogP contribution in [-0.4, -0.2) is 44.8 Å². The maximum atomic E-state index is 13.2. The Balaban J connectivity index is 1.48. The SMILES string of the molecule is CC(=O)Nc1nc(COC(=O)c2cc(-c3ccc4c(c3)OCCO4)nc3c2cnn3C(C)C)cs1. The van der Waals surface area contributed by atoms with E-state index in [2.05, 4.69) is 15.4 Å². The number of aromatic nitrogens is 4. The number of carbonyl (C=O) groups is 2. The number of rotatable bonds is 6. The van der Waals surface area contributed by atoms with Crippen molar-refractivity contribution in [3.63, 3.8) is 0 Å². The molecular formula is C24H23N5O5S. The van der Waals surface area contributed by atoms with Crippen molar-refractivity contribution in [2.75, 3.05) is 18.5 Å². The predicted octanol–water partition coefficient (Wildman–Crippen LogP) is 4.22. The lowest BCUT2D eigenvalue weighted by molar-refractivity contribution is -0.114. The van der Waals surface area contributed by atoms with Crippen LogP contribution in [0.1, 0.15) is 42.9 Å². The third kappa shape index (κ3) is 4.67. The lowest BCUT2D eigenvalue weighted by atomic mass is 10.1. The average molecular weight is 494 g/mol. The molecule has 0 bridgehead atoms. The van der Waals surface area contributed by atoms with Crippen LogP contribution in [0, 0.1) is 0 Å². The van der Waals surface area contributed by atoms with Gasteiger partial charge in [-0.25, -0.2) is 19.4 Å². The molecule has 0 atom stereocenters. The Hall–Kier alpha value is -3.99. The first-order valence-corrected chi connectivity index (χ1v) is 11.9. The van der Waals surface area contributed by atoms with Gasteiger partial charge in [0, 0.05) is 23.9 Å². The molecule has 5 rings (SSSR count). The molecule has 3 aromatic heterocycles. The van der Waals surface area contributed by atoms with E-state index in [9.17, 15) is 9.59 Å². The first kappa shape index (κ1) is 22.8. The molecule has 4 heterocycles. The van der Waals surface area contributed by atoms with Crippen molar-refractivity contribution in [2.45, 2.75) is 33.4 Å². The highest BCUT2D eigenvalue weighted by atomic mass is 32.1. The number of pyridine rings is 1. The van der Waals surface area contributed by atoms with Gasteiger partial charge in [-0.3, -0.25) is 4.79 Å². The minimum atomic E-state index is -0.520. The summed E-state index contributed by atoms with van der Waals surface area (Å²) in [6, 6.07) is 7.31. The number of nitrogens with zero attached hydrogens (tertiary/aromatic N) is 4. The van der Waals surface area contributed by atoms with Crippen molar-refractivity contribution in [3.8, 4) is 22.8 Å². The van der Waals surface area contributed by atoms with Crippen LogP contribution in [0.3, 0.4) is 0 Å². The van der Waals surface area contributed by atoms with Gasteiger partial charge in [-0.05, 0) is 38.1 Å². The van der Waals surface area contributed by atoms with E-state index in [1.54, 1.807) is 22.3 Å². The van der Waals surface area contributed by atoms with E-state index in [1.807, 2.05) is 32.0 Å². The zero-order valence-corrected chi connectivity index (χ0v) is 20.2. The molecule has 1 N–H and O–H groups in total. The monoisotopic (exact) mass is 493 g/mol. The molecule has 0 spiro atoms. The van der Waals surface area contributed by atoms with Gasteiger partial charge in [0.15, 0.2) is 22.3 Å². The number of amides is 1. The molecule has 0 aliphatic carbocycles. The van der Waals surface area contributed by atoms with Gasteiger partial charge in [0.1, 0.15) is 19.8 Å². The summed E-state index contributed by atoms with van der Waals surface area (Å²) in [5, 5.41) is 9.85. The minimum absolute atomic E-state index is 0.0313. The number of carbonyl (C=O) groups excluding carboxylic acids is 2. The van der Waals surface area contributed by atoms with Crippen LogP contribution < -0.4 is 14.8 Å². The second kappa shape index (κ2) is 9.34. The van der Waals surface area contributed by atoms with E-state index in [0.717, 1.165) is 5.56 Å². The molecule has 1 aliphatic rings. The van der Waals surface area contributed by atoms with Crippen molar-refractivity contribution in [2.24, 2.45) is 0 Å². The molecule has 0 radical (unpaired) electrons. The molecule has 1 amide bonds. The molecule has 4 aromatic rings. The Bertz CT molecular complexity index is 1430. The fourth-order valence-electron chi connectivity index (χ4n) is 3.71. The summed E-state index contributed by atoms with van der Waals surface area (Å²) >= 11 is 1.27. The van der Waals surface area contributed by atoms with Crippen LogP contribution in [0.15, 0.2) is 35.8 Å². The van der Waals surface area contributed by atoms with E-state index in [1.165, 1.54) is 18.3 Å². The number of hydrogen-bond acceptors (Lipinski definition) is 9. The third-order valence-corrected chi connectivity index (χ3v) is 6.11. The van der Waals surface area contributed by atoms with E-state index in [-0.39, 0.29) is 18.6 Å². The predicted molar refractivity (Wildman–Crippen MR) is 130 cm³/mol. The number of ether oxygens (including phenoxy) is 3. The normalized spacial score (nSPS) is 12.7. The molecule has 180 valence electrons. The number of hydrogen-bond donors (Lipinski definition) is 1. The van der Waals surface area contributed by atoms with Gasteiger partial charge in [0.05, 0.1) is 28.5 Å². The topological polar surface area (TPSA) is 117 Å². The quantitative estimate of drug-likeness (QED) is 0.397. The van der Waals surface area contributed by atoms with Crippen LogP contribution in [0.2, 0.25) is 0 Å². The molecule has 35 heavy (non-hydrogen) atoms. The van der Waals surface area contributed by atoms with Crippen LogP contribution in [-0.2, 0) is 16.1 Å².